The number of halogens is 3. The van der Waals surface area contributed by atoms with Gasteiger partial charge in [0.25, 0.3) is 5.91 Å². The van der Waals surface area contributed by atoms with Crippen LogP contribution in [0.15, 0.2) is 18.2 Å². The highest BCUT2D eigenvalue weighted by Gasteiger charge is 2.23. The van der Waals surface area contributed by atoms with E-state index in [0.717, 1.165) is 11.8 Å². The Morgan fingerprint density at radius 2 is 2.18 bits per heavy atom. The third-order valence-electron chi connectivity index (χ3n) is 2.36. The fourth-order valence-electron chi connectivity index (χ4n) is 1.38. The average molecular weight is 323 g/mol. The Bertz CT molecular complexity index is 403. The van der Waals surface area contributed by atoms with Crippen LogP contribution in [0.5, 0.6) is 0 Å². The average Bonchev–Trinajstić information content (AvgIpc) is 2.15. The van der Waals surface area contributed by atoms with E-state index in [4.69, 9.17) is 11.6 Å². The van der Waals surface area contributed by atoms with Crippen LogP contribution >= 0.6 is 27.5 Å². The van der Waals surface area contributed by atoms with E-state index in [1.807, 2.05) is 13.8 Å². The summed E-state index contributed by atoms with van der Waals surface area (Å²) in [6.07, 6.45) is 0.741. The maximum Gasteiger partial charge on any atom is 0.256 e. The lowest BCUT2D eigenvalue weighted by atomic mass is 10.0. The van der Waals surface area contributed by atoms with Crippen LogP contribution in [0.2, 0.25) is 5.02 Å². The van der Waals surface area contributed by atoms with Gasteiger partial charge in [0.15, 0.2) is 0 Å². The Kier molecular flexibility index (Phi) is 4.95. The van der Waals surface area contributed by atoms with Crippen LogP contribution in [-0.2, 0) is 0 Å². The number of carbonyl (C=O) groups is 1. The number of benzene rings is 1. The van der Waals surface area contributed by atoms with Gasteiger partial charge in [-0.1, -0.05) is 33.6 Å². The van der Waals surface area contributed by atoms with E-state index in [0.29, 0.717) is 0 Å². The van der Waals surface area contributed by atoms with E-state index < -0.39 is 17.3 Å². The van der Waals surface area contributed by atoms with Crippen molar-refractivity contribution in [3.63, 3.8) is 0 Å². The van der Waals surface area contributed by atoms with E-state index in [9.17, 15) is 9.18 Å². The maximum atomic E-state index is 13.5. The fraction of sp³-hybridized carbons (Fsp3) is 0.417. The molecule has 1 aromatic rings. The molecule has 0 fully saturated rings. The quantitative estimate of drug-likeness (QED) is 0.840. The van der Waals surface area contributed by atoms with Crippen molar-refractivity contribution in [2.75, 3.05) is 5.33 Å². The zero-order valence-corrected chi connectivity index (χ0v) is 12.0. The molecule has 5 heteroatoms. The third kappa shape index (κ3) is 3.96. The van der Waals surface area contributed by atoms with Crippen molar-refractivity contribution >= 4 is 33.4 Å². The Morgan fingerprint density at radius 1 is 1.53 bits per heavy atom. The normalized spacial score (nSPS) is 11.4. The highest BCUT2D eigenvalue weighted by Crippen LogP contribution is 2.20. The van der Waals surface area contributed by atoms with Crippen LogP contribution in [0.3, 0.4) is 0 Å². The van der Waals surface area contributed by atoms with E-state index in [1.165, 1.54) is 18.2 Å². The van der Waals surface area contributed by atoms with Gasteiger partial charge in [-0.25, -0.2) is 4.39 Å². The first-order chi connectivity index (χ1) is 7.87. The van der Waals surface area contributed by atoms with Gasteiger partial charge in [0, 0.05) is 10.9 Å². The molecule has 1 rings (SSSR count). The monoisotopic (exact) mass is 321 g/mol. The minimum atomic E-state index is -0.607. The zero-order chi connectivity index (χ0) is 13.1. The topological polar surface area (TPSA) is 29.1 Å². The van der Waals surface area contributed by atoms with Crippen molar-refractivity contribution in [1.82, 2.24) is 5.32 Å². The number of carbonyl (C=O) groups excluding carboxylic acids is 1. The van der Waals surface area contributed by atoms with Crippen LogP contribution in [0.25, 0.3) is 0 Å². The molecule has 0 aliphatic heterocycles. The van der Waals surface area contributed by atoms with Crippen molar-refractivity contribution in [1.29, 1.82) is 0 Å². The molecule has 0 saturated heterocycles. The zero-order valence-electron chi connectivity index (χ0n) is 9.69. The molecule has 0 aromatic heterocycles. The summed E-state index contributed by atoms with van der Waals surface area (Å²) in [7, 11) is 0. The number of rotatable bonds is 4. The molecule has 1 aromatic carbocycles. The second-order valence-electron chi connectivity index (χ2n) is 4.37. The predicted molar refractivity (Wildman–Crippen MR) is 71.4 cm³/mol. The summed E-state index contributed by atoms with van der Waals surface area (Å²) in [6.45, 7) is 3.75. The summed E-state index contributed by atoms with van der Waals surface area (Å²) in [6, 6.07) is 4.19. The van der Waals surface area contributed by atoms with Gasteiger partial charge in [0.05, 0.1) is 10.6 Å². The molecule has 1 amide bonds. The lowest BCUT2D eigenvalue weighted by Gasteiger charge is -2.25. The molecule has 2 nitrogen and oxygen atoms in total. The van der Waals surface area contributed by atoms with E-state index in [1.54, 1.807) is 0 Å². The summed E-state index contributed by atoms with van der Waals surface area (Å²) < 4.78 is 13.5. The van der Waals surface area contributed by atoms with Gasteiger partial charge >= 0.3 is 0 Å². The van der Waals surface area contributed by atoms with Gasteiger partial charge in [-0.05, 0) is 32.4 Å². The van der Waals surface area contributed by atoms with Gasteiger partial charge < -0.3 is 5.32 Å². The summed E-state index contributed by atoms with van der Waals surface area (Å²) in [5, 5.41) is 3.64. The standard InChI is InChI=1S/C12H14BrClFNO/c1-12(2,6-7-13)16-11(17)10-8(14)4-3-5-9(10)15/h3-5H,6-7H2,1-2H3,(H,16,17). The van der Waals surface area contributed by atoms with Gasteiger partial charge in [-0.2, -0.15) is 0 Å². The summed E-state index contributed by atoms with van der Waals surface area (Å²) in [4.78, 5) is 11.9. The van der Waals surface area contributed by atoms with Crippen LogP contribution in [0, 0.1) is 5.82 Å². The van der Waals surface area contributed by atoms with E-state index in [-0.39, 0.29) is 10.6 Å². The summed E-state index contributed by atoms with van der Waals surface area (Å²) >= 11 is 9.13. The molecule has 0 bridgehead atoms. The third-order valence-corrected chi connectivity index (χ3v) is 3.07. The smallest absolute Gasteiger partial charge is 0.256 e. The molecule has 0 unspecified atom stereocenters. The number of alkyl halides is 1. The molecule has 0 spiro atoms. The highest BCUT2D eigenvalue weighted by atomic mass is 79.9. The summed E-state index contributed by atoms with van der Waals surface area (Å²) in [5.41, 5.74) is -0.511. The minimum absolute atomic E-state index is 0.100. The SMILES string of the molecule is CC(C)(CCBr)NC(=O)c1c(F)cccc1Cl. The molecule has 0 aliphatic carbocycles. The number of hydrogen-bond acceptors (Lipinski definition) is 1. The lowest BCUT2D eigenvalue weighted by molar-refractivity contribution is 0.0908. The van der Waals surface area contributed by atoms with Crippen LogP contribution < -0.4 is 5.32 Å². The second-order valence-corrected chi connectivity index (χ2v) is 5.57. The van der Waals surface area contributed by atoms with Crippen molar-refractivity contribution in [3.8, 4) is 0 Å². The van der Waals surface area contributed by atoms with E-state index in [2.05, 4.69) is 21.2 Å². The first kappa shape index (κ1) is 14.5. The van der Waals surface area contributed by atoms with Crippen molar-refractivity contribution in [3.05, 3.63) is 34.6 Å². The Morgan fingerprint density at radius 3 is 2.71 bits per heavy atom. The Hall–Kier alpha value is -0.610. The van der Waals surface area contributed by atoms with E-state index >= 15 is 0 Å². The van der Waals surface area contributed by atoms with Gasteiger partial charge in [-0.15, -0.1) is 0 Å². The van der Waals surface area contributed by atoms with Gasteiger partial charge in [0.2, 0.25) is 0 Å². The molecule has 0 atom stereocenters. The predicted octanol–water partition coefficient (Wildman–Crippen LogP) is 3.77. The fourth-order valence-corrected chi connectivity index (χ4v) is 2.62. The molecule has 0 heterocycles. The Balaban J connectivity index is 2.91. The number of hydrogen-bond donors (Lipinski definition) is 1. The second kappa shape index (κ2) is 5.83. The molecule has 0 saturated carbocycles. The van der Waals surface area contributed by atoms with Crippen LogP contribution in [0.4, 0.5) is 4.39 Å². The molecule has 17 heavy (non-hydrogen) atoms. The molecular formula is C12H14BrClFNO. The maximum absolute atomic E-state index is 13.5. The largest absolute Gasteiger partial charge is 0.347 e. The lowest BCUT2D eigenvalue weighted by Crippen LogP contribution is -2.44. The first-order valence-electron chi connectivity index (χ1n) is 5.20. The van der Waals surface area contributed by atoms with Crippen molar-refractivity contribution in [2.45, 2.75) is 25.8 Å². The molecule has 94 valence electrons. The molecule has 0 radical (unpaired) electrons. The summed E-state index contributed by atoms with van der Waals surface area (Å²) in [5.74, 6) is -1.09. The highest BCUT2D eigenvalue weighted by molar-refractivity contribution is 9.09. The number of amides is 1. The number of nitrogens with one attached hydrogen (secondary N) is 1. The molecule has 1 N–H and O–H groups in total. The minimum Gasteiger partial charge on any atom is -0.347 e. The van der Waals surface area contributed by atoms with Crippen LogP contribution in [-0.4, -0.2) is 16.8 Å². The molecule has 0 aliphatic rings. The first-order valence-corrected chi connectivity index (χ1v) is 6.70. The van der Waals surface area contributed by atoms with Crippen molar-refractivity contribution in [2.24, 2.45) is 0 Å². The van der Waals surface area contributed by atoms with Crippen molar-refractivity contribution < 1.29 is 9.18 Å². The van der Waals surface area contributed by atoms with Crippen LogP contribution in [0.1, 0.15) is 30.6 Å². The van der Waals surface area contributed by atoms with Gasteiger partial charge in [0.1, 0.15) is 5.82 Å². The Labute approximate surface area is 114 Å². The van der Waals surface area contributed by atoms with Gasteiger partial charge in [-0.3, -0.25) is 4.79 Å². The molecular weight excluding hydrogens is 308 g/mol.